The fourth-order valence-electron chi connectivity index (χ4n) is 3.83. The maximum Gasteiger partial charge on any atom is 0.251 e. The number of amides is 2. The molecule has 1 aromatic heterocycles. The van der Waals surface area contributed by atoms with Gasteiger partial charge in [0.25, 0.3) is 5.91 Å². The Labute approximate surface area is 229 Å². The molecule has 0 saturated heterocycles. The second-order valence-electron chi connectivity index (χ2n) is 8.55. The lowest BCUT2D eigenvalue weighted by Crippen LogP contribution is -2.25. The van der Waals surface area contributed by atoms with Gasteiger partial charge in [0.1, 0.15) is 5.82 Å². The zero-order chi connectivity index (χ0) is 27.9. The van der Waals surface area contributed by atoms with E-state index in [9.17, 15) is 14.0 Å². The number of carbonyl (C=O) groups excluding carboxylic acids is 2. The molecule has 0 fully saturated rings. The molecule has 0 aliphatic rings. The van der Waals surface area contributed by atoms with Crippen LogP contribution in [0.4, 0.5) is 10.1 Å². The summed E-state index contributed by atoms with van der Waals surface area (Å²) in [7, 11) is 3.03. The second-order valence-corrected chi connectivity index (χ2v) is 9.49. The Bertz CT molecular complexity index is 1490. The van der Waals surface area contributed by atoms with E-state index in [4.69, 9.17) is 9.47 Å². The lowest BCUT2D eigenvalue weighted by atomic mass is 10.1. The number of hydrogen-bond donors (Lipinski definition) is 2. The predicted molar refractivity (Wildman–Crippen MR) is 147 cm³/mol. The minimum Gasteiger partial charge on any atom is -0.493 e. The molecule has 0 spiro atoms. The Morgan fingerprint density at radius 1 is 0.974 bits per heavy atom. The van der Waals surface area contributed by atoms with Gasteiger partial charge < -0.3 is 20.1 Å². The van der Waals surface area contributed by atoms with E-state index in [0.29, 0.717) is 33.7 Å². The second kappa shape index (κ2) is 12.4. The topological polar surface area (TPSA) is 107 Å². The average molecular weight is 550 g/mol. The third-order valence-electron chi connectivity index (χ3n) is 6.03. The van der Waals surface area contributed by atoms with Gasteiger partial charge in [-0.25, -0.2) is 4.39 Å². The number of halogens is 1. The number of ether oxygens (including phenoxy) is 2. The molecule has 2 amide bonds. The number of aryl methyl sites for hydroxylation is 1. The largest absolute Gasteiger partial charge is 0.493 e. The Balaban J connectivity index is 1.54. The Morgan fingerprint density at radius 3 is 2.44 bits per heavy atom. The van der Waals surface area contributed by atoms with Crippen molar-refractivity contribution in [1.82, 2.24) is 20.1 Å². The van der Waals surface area contributed by atoms with Gasteiger partial charge in [-0.05, 0) is 73.5 Å². The number of benzene rings is 3. The SMILES string of the molecule is COc1ccc(C(=O)NCc2nnc(SCC(=O)Nc3ccc(F)cc3)n2-c2cccc(C)c2C)cc1OC. The fourth-order valence-corrected chi connectivity index (χ4v) is 4.59. The maximum absolute atomic E-state index is 13.2. The first kappa shape index (κ1) is 27.6. The van der Waals surface area contributed by atoms with Gasteiger partial charge in [0.2, 0.25) is 5.91 Å². The van der Waals surface area contributed by atoms with Crippen LogP contribution in [0.3, 0.4) is 0 Å². The monoisotopic (exact) mass is 549 g/mol. The number of anilines is 1. The van der Waals surface area contributed by atoms with Crippen LogP contribution in [0.5, 0.6) is 11.5 Å². The van der Waals surface area contributed by atoms with Gasteiger partial charge in [-0.15, -0.1) is 10.2 Å². The lowest BCUT2D eigenvalue weighted by Gasteiger charge is -2.15. The van der Waals surface area contributed by atoms with Crippen LogP contribution in [0.1, 0.15) is 27.3 Å². The third kappa shape index (κ3) is 6.55. The van der Waals surface area contributed by atoms with Crippen molar-refractivity contribution in [3.8, 4) is 17.2 Å². The van der Waals surface area contributed by atoms with Crippen LogP contribution in [0, 0.1) is 19.7 Å². The highest BCUT2D eigenvalue weighted by Crippen LogP contribution is 2.28. The summed E-state index contributed by atoms with van der Waals surface area (Å²) in [5, 5.41) is 14.8. The van der Waals surface area contributed by atoms with E-state index in [1.54, 1.807) is 18.2 Å². The van der Waals surface area contributed by atoms with Crippen LogP contribution in [-0.4, -0.2) is 46.6 Å². The molecule has 9 nitrogen and oxygen atoms in total. The van der Waals surface area contributed by atoms with Crippen LogP contribution in [0.25, 0.3) is 5.69 Å². The summed E-state index contributed by atoms with van der Waals surface area (Å²) in [5.74, 6) is 0.548. The number of aromatic nitrogens is 3. The number of carbonyl (C=O) groups is 2. The van der Waals surface area contributed by atoms with Crippen molar-refractivity contribution < 1.29 is 23.5 Å². The smallest absolute Gasteiger partial charge is 0.251 e. The van der Waals surface area contributed by atoms with Crippen LogP contribution in [0.2, 0.25) is 0 Å². The van der Waals surface area contributed by atoms with E-state index >= 15 is 0 Å². The molecule has 0 unspecified atom stereocenters. The number of nitrogens with zero attached hydrogens (tertiary/aromatic N) is 3. The van der Waals surface area contributed by atoms with Crippen LogP contribution in [0.15, 0.2) is 65.8 Å². The summed E-state index contributed by atoms with van der Waals surface area (Å²) < 4.78 is 25.5. The summed E-state index contributed by atoms with van der Waals surface area (Å²) in [6, 6.07) is 16.3. The number of nitrogens with one attached hydrogen (secondary N) is 2. The Kier molecular flexibility index (Phi) is 8.82. The van der Waals surface area contributed by atoms with E-state index < -0.39 is 0 Å². The molecule has 0 aliphatic carbocycles. The van der Waals surface area contributed by atoms with Gasteiger partial charge in [-0.1, -0.05) is 23.9 Å². The summed E-state index contributed by atoms with van der Waals surface area (Å²) in [6.07, 6.45) is 0. The molecule has 0 radical (unpaired) electrons. The fraction of sp³-hybridized carbons (Fsp3) is 0.214. The molecule has 3 aromatic carbocycles. The molecule has 2 N–H and O–H groups in total. The van der Waals surface area contributed by atoms with Gasteiger partial charge in [0.05, 0.1) is 32.2 Å². The summed E-state index contributed by atoms with van der Waals surface area (Å²) in [4.78, 5) is 25.5. The van der Waals surface area contributed by atoms with Crippen LogP contribution < -0.4 is 20.1 Å². The van der Waals surface area contributed by atoms with E-state index in [1.807, 2.05) is 36.6 Å². The number of hydrogen-bond acceptors (Lipinski definition) is 7. The van der Waals surface area contributed by atoms with Crippen molar-refractivity contribution in [1.29, 1.82) is 0 Å². The lowest BCUT2D eigenvalue weighted by molar-refractivity contribution is -0.113. The molecule has 4 rings (SSSR count). The maximum atomic E-state index is 13.2. The first-order chi connectivity index (χ1) is 18.8. The number of rotatable bonds is 10. The van der Waals surface area contributed by atoms with Gasteiger partial charge in [0.15, 0.2) is 22.5 Å². The van der Waals surface area contributed by atoms with E-state index in [-0.39, 0.29) is 29.9 Å². The molecule has 0 saturated carbocycles. The first-order valence-electron chi connectivity index (χ1n) is 12.0. The minimum absolute atomic E-state index is 0.0539. The van der Waals surface area contributed by atoms with E-state index in [2.05, 4.69) is 20.8 Å². The average Bonchev–Trinajstić information content (AvgIpc) is 3.35. The molecule has 0 atom stereocenters. The van der Waals surface area contributed by atoms with Gasteiger partial charge in [0, 0.05) is 11.3 Å². The molecule has 39 heavy (non-hydrogen) atoms. The first-order valence-corrected chi connectivity index (χ1v) is 13.0. The van der Waals surface area contributed by atoms with Crippen molar-refractivity contribution in [2.75, 3.05) is 25.3 Å². The highest BCUT2D eigenvalue weighted by Gasteiger charge is 2.19. The molecule has 0 aliphatic heterocycles. The molecule has 4 aromatic rings. The third-order valence-corrected chi connectivity index (χ3v) is 6.96. The highest BCUT2D eigenvalue weighted by atomic mass is 32.2. The summed E-state index contributed by atoms with van der Waals surface area (Å²) >= 11 is 1.21. The van der Waals surface area contributed by atoms with Crippen LogP contribution in [-0.2, 0) is 11.3 Å². The number of thioether (sulfide) groups is 1. The zero-order valence-corrected chi connectivity index (χ0v) is 22.8. The van der Waals surface area contributed by atoms with Crippen molar-refractivity contribution in [2.24, 2.45) is 0 Å². The predicted octanol–water partition coefficient (Wildman–Crippen LogP) is 4.70. The Hall–Kier alpha value is -4.38. The summed E-state index contributed by atoms with van der Waals surface area (Å²) in [6.45, 7) is 4.09. The molecule has 11 heteroatoms. The molecule has 202 valence electrons. The van der Waals surface area contributed by atoms with Gasteiger partial charge >= 0.3 is 0 Å². The van der Waals surface area contributed by atoms with E-state index in [1.165, 1.54) is 50.2 Å². The minimum atomic E-state index is -0.380. The van der Waals surface area contributed by atoms with Crippen molar-refractivity contribution in [3.63, 3.8) is 0 Å². The van der Waals surface area contributed by atoms with Crippen molar-refractivity contribution in [3.05, 3.63) is 89.0 Å². The summed E-state index contributed by atoms with van der Waals surface area (Å²) in [5.41, 5.74) is 3.83. The van der Waals surface area contributed by atoms with Crippen molar-refractivity contribution in [2.45, 2.75) is 25.5 Å². The molecule has 1 heterocycles. The normalized spacial score (nSPS) is 10.7. The Morgan fingerprint density at radius 2 is 1.72 bits per heavy atom. The van der Waals surface area contributed by atoms with Crippen molar-refractivity contribution >= 4 is 29.3 Å². The molecule has 0 bridgehead atoms. The number of methoxy groups -OCH3 is 2. The van der Waals surface area contributed by atoms with Gasteiger partial charge in [-0.3, -0.25) is 14.2 Å². The molecular weight excluding hydrogens is 521 g/mol. The standard InChI is InChI=1S/C28H28FN5O4S/c1-17-6-5-7-22(18(17)2)34-25(15-30-27(36)19-8-13-23(37-3)24(14-19)38-4)32-33-28(34)39-16-26(35)31-21-11-9-20(29)10-12-21/h5-14H,15-16H2,1-4H3,(H,30,36)(H,31,35). The zero-order valence-electron chi connectivity index (χ0n) is 21.9. The highest BCUT2D eigenvalue weighted by molar-refractivity contribution is 7.99. The van der Waals surface area contributed by atoms with Gasteiger partial charge in [-0.2, -0.15) is 0 Å². The quantitative estimate of drug-likeness (QED) is 0.276. The van der Waals surface area contributed by atoms with E-state index in [0.717, 1.165) is 16.8 Å². The molecular formula is C28H28FN5O4S. The van der Waals surface area contributed by atoms with Crippen LogP contribution >= 0.6 is 11.8 Å².